The van der Waals surface area contributed by atoms with Gasteiger partial charge in [-0.15, -0.1) is 23.1 Å². The van der Waals surface area contributed by atoms with Gasteiger partial charge in [-0.2, -0.15) is 4.57 Å². The zero-order valence-corrected chi connectivity index (χ0v) is 26.2. The van der Waals surface area contributed by atoms with Crippen LogP contribution in [0, 0.1) is 11.6 Å². The van der Waals surface area contributed by atoms with Crippen LogP contribution < -0.4 is 15.6 Å². The summed E-state index contributed by atoms with van der Waals surface area (Å²) < 4.78 is 30.1. The zero-order chi connectivity index (χ0) is 34.1. The smallest absolute Gasteiger partial charge is 0.352 e. The summed E-state index contributed by atoms with van der Waals surface area (Å²) in [6, 6.07) is 11.2. The minimum absolute atomic E-state index is 0.0438. The molecule has 0 bridgehead atoms. The van der Waals surface area contributed by atoms with Crippen molar-refractivity contribution in [1.82, 2.24) is 15.2 Å². The highest BCUT2D eigenvalue weighted by atomic mass is 32.2. The highest BCUT2D eigenvalue weighted by Crippen LogP contribution is 2.41. The summed E-state index contributed by atoms with van der Waals surface area (Å²) in [5.74, 6) is -7.91. The van der Waals surface area contributed by atoms with Gasteiger partial charge in [0.25, 0.3) is 11.8 Å². The fourth-order valence-corrected chi connectivity index (χ4v) is 7.06. The summed E-state index contributed by atoms with van der Waals surface area (Å²) in [6.07, 6.45) is 5.41. The average molecular weight is 696 g/mol. The van der Waals surface area contributed by atoms with Gasteiger partial charge in [0.2, 0.25) is 5.52 Å². The molecular weight excluding hydrogens is 671 g/mol. The van der Waals surface area contributed by atoms with E-state index >= 15 is 0 Å². The quantitative estimate of drug-likeness (QED) is 0.0542. The van der Waals surface area contributed by atoms with Crippen LogP contribution in [0.2, 0.25) is 0 Å². The first-order chi connectivity index (χ1) is 23.0. The number of anilines is 1. The van der Waals surface area contributed by atoms with Gasteiger partial charge in [0.1, 0.15) is 29.4 Å². The van der Waals surface area contributed by atoms with Crippen LogP contribution in [-0.2, 0) is 32.4 Å². The number of rotatable bonds is 10. The minimum Gasteiger partial charge on any atom is -0.502 e. The average Bonchev–Trinajstić information content (AvgIpc) is 3.51. The van der Waals surface area contributed by atoms with Crippen molar-refractivity contribution >= 4 is 62.6 Å². The van der Waals surface area contributed by atoms with Crippen LogP contribution in [0.4, 0.5) is 13.9 Å². The number of nitrogen functional groups attached to an aromatic ring is 1. The normalized spacial score (nSPS) is 17.8. The molecule has 0 aliphatic carbocycles. The lowest BCUT2D eigenvalue weighted by atomic mass is 10.0. The number of nitrogens with one attached hydrogen (secondary N) is 1. The maximum Gasteiger partial charge on any atom is 0.352 e. The van der Waals surface area contributed by atoms with Crippen LogP contribution in [-0.4, -0.2) is 65.9 Å². The lowest BCUT2D eigenvalue weighted by Crippen LogP contribution is -2.71. The van der Waals surface area contributed by atoms with E-state index in [9.17, 15) is 38.5 Å². The molecule has 2 aromatic carbocycles. The Kier molecular flexibility index (Phi) is 8.97. The number of para-hydroxylation sites is 1. The number of thioether (sulfide) groups is 1. The third kappa shape index (κ3) is 6.12. The molecule has 246 valence electrons. The van der Waals surface area contributed by atoms with Crippen LogP contribution in [0.1, 0.15) is 11.3 Å². The van der Waals surface area contributed by atoms with Gasteiger partial charge in [-0.05, 0) is 29.8 Å². The number of hydrogen-bond donors (Lipinski definition) is 5. The van der Waals surface area contributed by atoms with Crippen LogP contribution >= 0.6 is 23.1 Å². The number of aromatic hydroxyl groups is 2. The van der Waals surface area contributed by atoms with E-state index in [1.807, 2.05) is 53.2 Å². The summed E-state index contributed by atoms with van der Waals surface area (Å²) >= 11 is 2.24. The number of allylic oxidation sites excluding steroid dienone is 2. The molecule has 13 nitrogen and oxygen atoms in total. The molecule has 6 N–H and O–H groups in total. The van der Waals surface area contributed by atoms with Crippen LogP contribution in [0.5, 0.6) is 11.5 Å². The predicted octanol–water partition coefficient (Wildman–Crippen LogP) is 2.77. The monoisotopic (exact) mass is 695 g/mol. The van der Waals surface area contributed by atoms with E-state index in [0.717, 1.165) is 27.1 Å². The molecule has 2 aliphatic heterocycles. The number of carboxylic acid groups (broad SMARTS) is 1. The van der Waals surface area contributed by atoms with Gasteiger partial charge in [-0.25, -0.2) is 18.6 Å². The van der Waals surface area contributed by atoms with Gasteiger partial charge in [0, 0.05) is 34.2 Å². The van der Waals surface area contributed by atoms with Gasteiger partial charge in [0.05, 0.1) is 0 Å². The van der Waals surface area contributed by atoms with Gasteiger partial charge in [-0.1, -0.05) is 23.4 Å². The van der Waals surface area contributed by atoms with Crippen molar-refractivity contribution in [3.8, 4) is 11.5 Å². The molecule has 2 atom stereocenters. The maximum absolute atomic E-state index is 14.3. The number of benzene rings is 2. The Morgan fingerprint density at radius 2 is 1.98 bits per heavy atom. The Labute approximate surface area is 278 Å². The lowest BCUT2D eigenvalue weighted by molar-refractivity contribution is -0.661. The van der Waals surface area contributed by atoms with Gasteiger partial charge in [-0.3, -0.25) is 14.5 Å². The SMILES string of the molecule is Nc1nc(/C(=N/OCc2cc(F)c(O)c(O)c2F)C(=O)N[C@H]2C(=O)N3C(C(=O)O)=C(/C=C/C[n+]4cccc5ccccc54)CS[C@H]23)cs1. The zero-order valence-electron chi connectivity index (χ0n) is 24.5. The number of carbonyl (C=O) groups is 3. The number of pyridine rings is 1. The van der Waals surface area contributed by atoms with Crippen molar-refractivity contribution < 1.29 is 47.9 Å². The maximum atomic E-state index is 14.3. The molecule has 2 amide bonds. The summed E-state index contributed by atoms with van der Waals surface area (Å²) in [5, 5.41) is 37.0. The molecule has 0 spiro atoms. The van der Waals surface area contributed by atoms with E-state index in [4.69, 9.17) is 10.6 Å². The topological polar surface area (TPSA) is 192 Å². The number of nitrogens with zero attached hydrogens (tertiary/aromatic N) is 4. The molecule has 2 aromatic heterocycles. The number of amides is 2. The molecule has 4 aromatic rings. The van der Waals surface area contributed by atoms with Crippen molar-refractivity contribution in [1.29, 1.82) is 0 Å². The molecule has 0 radical (unpaired) electrons. The highest BCUT2D eigenvalue weighted by Gasteiger charge is 2.54. The number of nitrogens with two attached hydrogens (primary N) is 1. The summed E-state index contributed by atoms with van der Waals surface area (Å²) in [7, 11) is 0. The fourth-order valence-electron chi connectivity index (χ4n) is 5.20. The van der Waals surface area contributed by atoms with E-state index < -0.39 is 70.2 Å². The van der Waals surface area contributed by atoms with Crippen molar-refractivity contribution in [2.24, 2.45) is 5.16 Å². The lowest BCUT2D eigenvalue weighted by Gasteiger charge is -2.49. The number of oxime groups is 1. The number of carbonyl (C=O) groups excluding carboxylic acids is 2. The van der Waals surface area contributed by atoms with Crippen molar-refractivity contribution in [3.63, 3.8) is 0 Å². The molecule has 1 saturated heterocycles. The molecule has 0 unspecified atom stereocenters. The predicted molar refractivity (Wildman–Crippen MR) is 171 cm³/mol. The minimum atomic E-state index is -1.36. The molecule has 6 rings (SSSR count). The summed E-state index contributed by atoms with van der Waals surface area (Å²) in [6.45, 7) is -0.303. The number of phenolic OH excluding ortho intramolecular Hbond substituents is 2. The third-order valence-corrected chi connectivity index (χ3v) is 9.47. The number of fused-ring (bicyclic) bond motifs is 2. The number of aliphatic carboxylic acids is 1. The van der Waals surface area contributed by atoms with Crippen LogP contribution in [0.15, 0.2) is 82.6 Å². The third-order valence-electron chi connectivity index (χ3n) is 7.49. The largest absolute Gasteiger partial charge is 0.502 e. The number of thiazole rings is 1. The number of hydrogen-bond acceptors (Lipinski definition) is 11. The molecule has 17 heteroatoms. The number of aromatic nitrogens is 2. The number of β-lactam (4-membered cyclic amide) rings is 1. The summed E-state index contributed by atoms with van der Waals surface area (Å²) in [4.78, 5) is 49.2. The van der Waals surface area contributed by atoms with Crippen LogP contribution in [0.3, 0.4) is 0 Å². The number of carboxylic acids is 1. The van der Waals surface area contributed by atoms with Crippen molar-refractivity contribution in [2.45, 2.75) is 24.6 Å². The molecule has 1 fully saturated rings. The molecule has 0 saturated carbocycles. The Balaban J connectivity index is 1.18. The molecule has 48 heavy (non-hydrogen) atoms. The Morgan fingerprint density at radius 1 is 1.21 bits per heavy atom. The highest BCUT2D eigenvalue weighted by molar-refractivity contribution is 8.00. The second-order valence-electron chi connectivity index (χ2n) is 10.5. The second-order valence-corrected chi connectivity index (χ2v) is 12.5. The fraction of sp³-hybridized carbons (Fsp3) is 0.161. The molecule has 4 heterocycles. The van der Waals surface area contributed by atoms with E-state index in [0.29, 0.717) is 18.2 Å². The second kappa shape index (κ2) is 13.3. The molecular formula is C31H25F2N6O7S2+. The Morgan fingerprint density at radius 3 is 2.73 bits per heavy atom. The van der Waals surface area contributed by atoms with E-state index in [1.54, 1.807) is 6.08 Å². The summed E-state index contributed by atoms with van der Waals surface area (Å²) in [5.41, 5.74) is 5.93. The number of halogens is 2. The van der Waals surface area contributed by atoms with Crippen LogP contribution in [0.25, 0.3) is 10.9 Å². The van der Waals surface area contributed by atoms with E-state index in [1.165, 1.54) is 17.1 Å². The Hall–Kier alpha value is -5.55. The van der Waals surface area contributed by atoms with Crippen molar-refractivity contribution in [2.75, 3.05) is 11.5 Å². The van der Waals surface area contributed by atoms with Gasteiger partial charge < -0.3 is 31.2 Å². The van der Waals surface area contributed by atoms with Gasteiger partial charge >= 0.3 is 5.97 Å². The first-order valence-electron chi connectivity index (χ1n) is 14.1. The standard InChI is InChI=1S/C31H24F2N6O7S2/c32-18-11-17(21(33)26(41)25(18)40)12-46-37-22(19-14-48-31(34)35-19)27(42)36-23-28(43)39-24(30(44)45)16(13-47-29(23)39)7-4-10-38-9-3-6-15-5-1-2-8-20(15)38/h1-9,11,14,23,29H,10,12-13H2,(H5-,34,35,36,37,40,41,42,44,45)/p+1/b7-4+/t23-,29+/m0/s1. The first-order valence-corrected chi connectivity index (χ1v) is 16.0. The van der Waals surface area contributed by atoms with E-state index in [2.05, 4.69) is 15.5 Å². The van der Waals surface area contributed by atoms with E-state index in [-0.39, 0.29) is 22.3 Å². The number of phenols is 2. The molecule has 2 aliphatic rings. The van der Waals surface area contributed by atoms with Gasteiger partial charge in [0.15, 0.2) is 46.7 Å². The van der Waals surface area contributed by atoms with Crippen molar-refractivity contribution in [3.05, 3.63) is 100 Å². The Bertz CT molecular complexity index is 2060. The first kappa shape index (κ1) is 32.4.